The van der Waals surface area contributed by atoms with Crippen LogP contribution in [0.25, 0.3) is 11.2 Å². The lowest BCUT2D eigenvalue weighted by atomic mass is 10.1. The molecular formula is C11H18N6O2. The molecule has 8 nitrogen and oxygen atoms in total. The fourth-order valence-electron chi connectivity index (χ4n) is 1.76. The van der Waals surface area contributed by atoms with E-state index >= 15 is 0 Å². The zero-order chi connectivity index (χ0) is 14.4. The van der Waals surface area contributed by atoms with Crippen LogP contribution < -0.4 is 22.3 Å². The third-order valence-corrected chi connectivity index (χ3v) is 3.06. The van der Waals surface area contributed by atoms with Crippen LogP contribution in [0.4, 0.5) is 5.95 Å². The van der Waals surface area contributed by atoms with Crippen LogP contribution in [0.2, 0.25) is 0 Å². The molecule has 0 saturated heterocycles. The highest BCUT2D eigenvalue weighted by Crippen LogP contribution is 2.13. The first kappa shape index (κ1) is 13.3. The summed E-state index contributed by atoms with van der Waals surface area (Å²) in [4.78, 5) is 30.9. The molecule has 0 aromatic carbocycles. The normalized spacial score (nSPS) is 12.1. The summed E-state index contributed by atoms with van der Waals surface area (Å²) in [5, 5.41) is 3.10. The number of aromatic nitrogens is 4. The van der Waals surface area contributed by atoms with Crippen LogP contribution in [-0.4, -0.2) is 31.2 Å². The zero-order valence-corrected chi connectivity index (χ0v) is 11.4. The smallest absolute Gasteiger partial charge is 0.332 e. The van der Waals surface area contributed by atoms with E-state index in [4.69, 9.17) is 5.73 Å². The highest BCUT2D eigenvalue weighted by molar-refractivity contribution is 5.72. The van der Waals surface area contributed by atoms with Gasteiger partial charge in [-0.2, -0.15) is 4.98 Å². The van der Waals surface area contributed by atoms with Gasteiger partial charge in [0.1, 0.15) is 0 Å². The summed E-state index contributed by atoms with van der Waals surface area (Å²) in [5.74, 6) is 0.420. The van der Waals surface area contributed by atoms with Crippen LogP contribution in [0.3, 0.4) is 0 Å². The van der Waals surface area contributed by atoms with Crippen LogP contribution in [0.15, 0.2) is 9.59 Å². The molecule has 2 aromatic heterocycles. The van der Waals surface area contributed by atoms with E-state index in [1.807, 2.05) is 13.8 Å². The van der Waals surface area contributed by atoms with Crippen molar-refractivity contribution in [1.29, 1.82) is 0 Å². The zero-order valence-electron chi connectivity index (χ0n) is 11.4. The Balaban J connectivity index is 2.65. The number of nitrogens with two attached hydrogens (primary N) is 1. The lowest BCUT2D eigenvalue weighted by Crippen LogP contribution is -2.39. The topological polar surface area (TPSA) is 111 Å². The van der Waals surface area contributed by atoms with E-state index in [1.54, 1.807) is 7.05 Å². The number of aromatic amines is 1. The highest BCUT2D eigenvalue weighted by atomic mass is 16.2. The highest BCUT2D eigenvalue weighted by Gasteiger charge is 2.19. The van der Waals surface area contributed by atoms with Crippen LogP contribution in [0.5, 0.6) is 0 Å². The Kier molecular flexibility index (Phi) is 2.97. The Labute approximate surface area is 109 Å². The molecule has 2 aromatic rings. The fraction of sp³-hybridized carbons (Fsp3) is 0.545. The van der Waals surface area contributed by atoms with Gasteiger partial charge in [0.05, 0.1) is 0 Å². The molecule has 8 heteroatoms. The minimum absolute atomic E-state index is 0.292. The maximum atomic E-state index is 12.0. The number of nitrogens with one attached hydrogen (secondary N) is 2. The van der Waals surface area contributed by atoms with Crippen molar-refractivity contribution in [2.75, 3.05) is 11.9 Å². The Morgan fingerprint density at radius 1 is 1.32 bits per heavy atom. The molecule has 0 aliphatic rings. The predicted molar refractivity (Wildman–Crippen MR) is 73.3 cm³/mol. The van der Waals surface area contributed by atoms with Gasteiger partial charge in [-0.1, -0.05) is 0 Å². The molecule has 0 aliphatic heterocycles. The molecule has 2 rings (SSSR count). The second-order valence-electron chi connectivity index (χ2n) is 5.20. The van der Waals surface area contributed by atoms with E-state index in [0.29, 0.717) is 23.7 Å². The van der Waals surface area contributed by atoms with E-state index in [9.17, 15) is 9.59 Å². The maximum Gasteiger partial charge on any atom is 0.332 e. The first-order chi connectivity index (χ1) is 8.76. The molecule has 0 unspecified atom stereocenters. The molecule has 0 radical (unpaired) electrons. The van der Waals surface area contributed by atoms with Crippen LogP contribution in [0, 0.1) is 0 Å². The second kappa shape index (κ2) is 4.23. The molecule has 0 fully saturated rings. The molecule has 4 N–H and O–H groups in total. The van der Waals surface area contributed by atoms with Crippen molar-refractivity contribution >= 4 is 17.1 Å². The van der Waals surface area contributed by atoms with Gasteiger partial charge in [0.25, 0.3) is 5.56 Å². The number of imidazole rings is 1. The predicted octanol–water partition coefficient (Wildman–Crippen LogP) is -0.890. The van der Waals surface area contributed by atoms with Gasteiger partial charge in [0, 0.05) is 26.2 Å². The summed E-state index contributed by atoms with van der Waals surface area (Å²) in [5.41, 5.74) is 5.07. The number of hydrogen-bond donors (Lipinski definition) is 3. The molecule has 0 aliphatic carbocycles. The molecular weight excluding hydrogens is 248 g/mol. The SMILES string of the molecule is Cn1c(=O)c2[nH]c(NC(C)(C)CN)nc2n(C)c1=O. The van der Waals surface area contributed by atoms with Gasteiger partial charge in [-0.05, 0) is 13.8 Å². The van der Waals surface area contributed by atoms with Crippen molar-refractivity contribution in [2.45, 2.75) is 19.4 Å². The lowest BCUT2D eigenvalue weighted by molar-refractivity contribution is 0.575. The Hall–Kier alpha value is -2.09. The van der Waals surface area contributed by atoms with Gasteiger partial charge in [-0.3, -0.25) is 13.9 Å². The Bertz CT molecular complexity index is 736. The molecule has 0 atom stereocenters. The molecule has 0 bridgehead atoms. The number of anilines is 1. The van der Waals surface area contributed by atoms with E-state index in [2.05, 4.69) is 15.3 Å². The number of hydrogen-bond acceptors (Lipinski definition) is 5. The van der Waals surface area contributed by atoms with Crippen LogP contribution in [-0.2, 0) is 14.1 Å². The van der Waals surface area contributed by atoms with Crippen LogP contribution >= 0.6 is 0 Å². The fourth-order valence-corrected chi connectivity index (χ4v) is 1.76. The molecule has 0 spiro atoms. The van der Waals surface area contributed by atoms with E-state index in [-0.39, 0.29) is 5.54 Å². The molecule has 104 valence electrons. The number of rotatable bonds is 3. The first-order valence-electron chi connectivity index (χ1n) is 5.91. The van der Waals surface area contributed by atoms with Crippen molar-refractivity contribution in [3.05, 3.63) is 20.8 Å². The number of aryl methyl sites for hydroxylation is 1. The van der Waals surface area contributed by atoms with E-state index in [1.165, 1.54) is 11.6 Å². The quantitative estimate of drug-likeness (QED) is 0.667. The first-order valence-corrected chi connectivity index (χ1v) is 5.91. The third-order valence-electron chi connectivity index (χ3n) is 3.06. The largest absolute Gasteiger partial charge is 0.350 e. The van der Waals surface area contributed by atoms with E-state index < -0.39 is 11.2 Å². The van der Waals surface area contributed by atoms with Crippen molar-refractivity contribution in [1.82, 2.24) is 19.1 Å². The molecule has 0 amide bonds. The average molecular weight is 266 g/mol. The molecule has 19 heavy (non-hydrogen) atoms. The van der Waals surface area contributed by atoms with Gasteiger partial charge in [0.2, 0.25) is 5.95 Å². The maximum absolute atomic E-state index is 12.0. The standard InChI is InChI=1S/C11H18N6O2/c1-11(2,5-12)15-9-13-6-7(14-9)16(3)10(19)17(4)8(6)18/h5,12H2,1-4H3,(H2,13,14,15). The van der Waals surface area contributed by atoms with Crippen molar-refractivity contribution in [3.63, 3.8) is 0 Å². The summed E-state index contributed by atoms with van der Waals surface area (Å²) in [6.45, 7) is 4.23. The summed E-state index contributed by atoms with van der Waals surface area (Å²) in [7, 11) is 3.00. The Morgan fingerprint density at radius 3 is 2.53 bits per heavy atom. The number of nitrogens with zero attached hydrogens (tertiary/aromatic N) is 3. The number of H-pyrrole nitrogens is 1. The van der Waals surface area contributed by atoms with Gasteiger partial charge in [-0.25, -0.2) is 4.79 Å². The third kappa shape index (κ3) is 2.14. The van der Waals surface area contributed by atoms with Crippen LogP contribution in [0.1, 0.15) is 13.8 Å². The minimum atomic E-state index is -0.409. The average Bonchev–Trinajstić information content (AvgIpc) is 2.77. The summed E-state index contributed by atoms with van der Waals surface area (Å²) in [6.07, 6.45) is 0. The van der Waals surface area contributed by atoms with Crippen molar-refractivity contribution < 1.29 is 0 Å². The van der Waals surface area contributed by atoms with Gasteiger partial charge in [0.15, 0.2) is 11.2 Å². The molecule has 2 heterocycles. The van der Waals surface area contributed by atoms with E-state index in [0.717, 1.165) is 4.57 Å². The van der Waals surface area contributed by atoms with Gasteiger partial charge in [-0.15, -0.1) is 0 Å². The van der Waals surface area contributed by atoms with Crippen molar-refractivity contribution in [2.24, 2.45) is 19.8 Å². The minimum Gasteiger partial charge on any atom is -0.350 e. The summed E-state index contributed by atoms with van der Waals surface area (Å²) < 4.78 is 2.37. The summed E-state index contributed by atoms with van der Waals surface area (Å²) >= 11 is 0. The lowest BCUT2D eigenvalue weighted by Gasteiger charge is -2.23. The monoisotopic (exact) mass is 266 g/mol. The number of fused-ring (bicyclic) bond motifs is 1. The van der Waals surface area contributed by atoms with Gasteiger partial charge >= 0.3 is 5.69 Å². The van der Waals surface area contributed by atoms with Crippen molar-refractivity contribution in [3.8, 4) is 0 Å². The second-order valence-corrected chi connectivity index (χ2v) is 5.20. The summed E-state index contributed by atoms with van der Waals surface area (Å²) in [6, 6.07) is 0. The molecule has 0 saturated carbocycles. The van der Waals surface area contributed by atoms with Gasteiger partial charge < -0.3 is 16.0 Å². The Morgan fingerprint density at radius 2 is 1.95 bits per heavy atom.